The van der Waals surface area contributed by atoms with Gasteiger partial charge in [0.25, 0.3) is 0 Å². The fraction of sp³-hybridized carbons (Fsp3) is 0.700. The van der Waals surface area contributed by atoms with Gasteiger partial charge in [0.2, 0.25) is 0 Å². The molecule has 0 spiro atoms. The number of carbonyl (C=O) groups is 3. The first kappa shape index (κ1) is 12.8. The Morgan fingerprint density at radius 1 is 1.00 bits per heavy atom. The first-order chi connectivity index (χ1) is 6.66. The van der Waals surface area contributed by atoms with Gasteiger partial charge < -0.3 is 9.90 Å². The number of aliphatic carboxylic acids is 1. The van der Waals surface area contributed by atoms with Crippen molar-refractivity contribution in [2.45, 2.75) is 44.9 Å². The minimum Gasteiger partial charge on any atom is -0.481 e. The number of carboxylic acids is 1. The maximum absolute atomic E-state index is 11.0. The molecule has 0 saturated carbocycles. The van der Waals surface area contributed by atoms with Crippen LogP contribution in [-0.4, -0.2) is 23.1 Å². The number of aldehydes is 1. The minimum atomic E-state index is -0.794. The number of hydrogen-bond acceptors (Lipinski definition) is 3. The summed E-state index contributed by atoms with van der Waals surface area (Å²) < 4.78 is 0. The van der Waals surface area contributed by atoms with Crippen molar-refractivity contribution in [2.24, 2.45) is 0 Å². The fourth-order valence-corrected chi connectivity index (χ4v) is 1.12. The molecule has 0 aromatic carbocycles. The molecule has 0 heterocycles. The Morgan fingerprint density at radius 2 is 1.64 bits per heavy atom. The molecule has 0 fully saturated rings. The molecule has 80 valence electrons. The number of unbranched alkanes of at least 4 members (excludes halogenated alkanes) is 2. The molecule has 4 nitrogen and oxygen atoms in total. The lowest BCUT2D eigenvalue weighted by Gasteiger charge is -1.98. The molecule has 14 heavy (non-hydrogen) atoms. The second-order valence-electron chi connectivity index (χ2n) is 3.20. The SMILES string of the molecule is O=CCCC(=O)CCCCCC(=O)O. The fourth-order valence-electron chi connectivity index (χ4n) is 1.12. The molecule has 0 bridgehead atoms. The molecule has 0 aromatic rings. The van der Waals surface area contributed by atoms with E-state index in [1.54, 1.807) is 0 Å². The van der Waals surface area contributed by atoms with E-state index in [0.717, 1.165) is 19.1 Å². The highest BCUT2D eigenvalue weighted by molar-refractivity contribution is 5.80. The van der Waals surface area contributed by atoms with Crippen LogP contribution in [0.5, 0.6) is 0 Å². The third kappa shape index (κ3) is 8.90. The standard InChI is InChI=1S/C10H16O4/c11-8-4-6-9(12)5-2-1-3-7-10(13)14/h8H,1-7H2,(H,13,14). The number of rotatable bonds is 9. The number of carboxylic acid groups (broad SMARTS) is 1. The zero-order valence-corrected chi connectivity index (χ0v) is 8.20. The summed E-state index contributed by atoms with van der Waals surface area (Å²) in [6.07, 6.45) is 4.11. The lowest BCUT2D eigenvalue weighted by atomic mass is 10.1. The van der Waals surface area contributed by atoms with Crippen LogP contribution in [-0.2, 0) is 14.4 Å². The molecule has 0 amide bonds. The molecule has 0 aliphatic heterocycles. The summed E-state index contributed by atoms with van der Waals surface area (Å²) in [5.41, 5.74) is 0. The first-order valence-electron chi connectivity index (χ1n) is 4.84. The predicted molar refractivity (Wildman–Crippen MR) is 51.0 cm³/mol. The van der Waals surface area contributed by atoms with Crippen LogP contribution in [0, 0.1) is 0 Å². The van der Waals surface area contributed by atoms with Gasteiger partial charge in [0.15, 0.2) is 0 Å². The molecule has 0 radical (unpaired) electrons. The van der Waals surface area contributed by atoms with Gasteiger partial charge in [0.05, 0.1) is 0 Å². The topological polar surface area (TPSA) is 71.4 Å². The van der Waals surface area contributed by atoms with Crippen molar-refractivity contribution in [3.63, 3.8) is 0 Å². The van der Waals surface area contributed by atoms with Gasteiger partial charge in [-0.3, -0.25) is 9.59 Å². The molecular formula is C10H16O4. The Kier molecular flexibility index (Phi) is 7.70. The van der Waals surface area contributed by atoms with E-state index in [9.17, 15) is 14.4 Å². The maximum atomic E-state index is 11.0. The first-order valence-corrected chi connectivity index (χ1v) is 4.84. The lowest BCUT2D eigenvalue weighted by molar-refractivity contribution is -0.137. The average Bonchev–Trinajstić information content (AvgIpc) is 2.13. The molecule has 4 heteroatoms. The number of Topliss-reactive ketones (excluding diaryl/α,β-unsaturated/α-hetero) is 1. The van der Waals surface area contributed by atoms with Crippen LogP contribution in [0.4, 0.5) is 0 Å². The molecule has 1 N–H and O–H groups in total. The zero-order valence-electron chi connectivity index (χ0n) is 8.20. The van der Waals surface area contributed by atoms with Gasteiger partial charge in [0, 0.05) is 25.7 Å². The summed E-state index contributed by atoms with van der Waals surface area (Å²) >= 11 is 0. The third-order valence-corrected chi connectivity index (χ3v) is 1.89. The normalized spacial score (nSPS) is 9.71. The van der Waals surface area contributed by atoms with Gasteiger partial charge in [-0.05, 0) is 12.8 Å². The van der Waals surface area contributed by atoms with E-state index in [-0.39, 0.29) is 12.2 Å². The monoisotopic (exact) mass is 200 g/mol. The van der Waals surface area contributed by atoms with Crippen molar-refractivity contribution >= 4 is 18.0 Å². The second-order valence-corrected chi connectivity index (χ2v) is 3.20. The zero-order chi connectivity index (χ0) is 10.8. The molecule has 0 aliphatic carbocycles. The average molecular weight is 200 g/mol. The number of carbonyl (C=O) groups excluding carboxylic acids is 2. The Bertz CT molecular complexity index is 198. The van der Waals surface area contributed by atoms with Crippen LogP contribution in [0.3, 0.4) is 0 Å². The summed E-state index contributed by atoms with van der Waals surface area (Å²) in [4.78, 5) is 31.1. The van der Waals surface area contributed by atoms with Gasteiger partial charge in [-0.1, -0.05) is 6.42 Å². The molecular weight excluding hydrogens is 184 g/mol. The van der Waals surface area contributed by atoms with Crippen LogP contribution in [0.2, 0.25) is 0 Å². The third-order valence-electron chi connectivity index (χ3n) is 1.89. The van der Waals surface area contributed by atoms with Crippen molar-refractivity contribution in [3.8, 4) is 0 Å². The Hall–Kier alpha value is -1.19. The summed E-state index contributed by atoms with van der Waals surface area (Å²) in [5.74, 6) is -0.704. The highest BCUT2D eigenvalue weighted by atomic mass is 16.4. The van der Waals surface area contributed by atoms with E-state index >= 15 is 0 Å². The van der Waals surface area contributed by atoms with Crippen molar-refractivity contribution in [2.75, 3.05) is 0 Å². The quantitative estimate of drug-likeness (QED) is 0.453. The van der Waals surface area contributed by atoms with Gasteiger partial charge in [0.1, 0.15) is 12.1 Å². The molecule has 0 atom stereocenters. The van der Waals surface area contributed by atoms with Crippen LogP contribution in [0.15, 0.2) is 0 Å². The number of hydrogen-bond donors (Lipinski definition) is 1. The van der Waals surface area contributed by atoms with Crippen LogP contribution < -0.4 is 0 Å². The van der Waals surface area contributed by atoms with Gasteiger partial charge in [-0.15, -0.1) is 0 Å². The Balaban J connectivity index is 3.22. The van der Waals surface area contributed by atoms with Crippen LogP contribution in [0.25, 0.3) is 0 Å². The van der Waals surface area contributed by atoms with E-state index < -0.39 is 5.97 Å². The molecule has 0 aliphatic rings. The van der Waals surface area contributed by atoms with Crippen molar-refractivity contribution in [1.29, 1.82) is 0 Å². The van der Waals surface area contributed by atoms with E-state index in [1.807, 2.05) is 0 Å². The maximum Gasteiger partial charge on any atom is 0.303 e. The highest BCUT2D eigenvalue weighted by Crippen LogP contribution is 2.05. The molecule has 0 aromatic heterocycles. The summed E-state index contributed by atoms with van der Waals surface area (Å²) in [7, 11) is 0. The van der Waals surface area contributed by atoms with E-state index in [1.165, 1.54) is 0 Å². The van der Waals surface area contributed by atoms with Crippen LogP contribution >= 0.6 is 0 Å². The van der Waals surface area contributed by atoms with E-state index in [4.69, 9.17) is 5.11 Å². The van der Waals surface area contributed by atoms with Crippen molar-refractivity contribution in [3.05, 3.63) is 0 Å². The molecule has 0 unspecified atom stereocenters. The minimum absolute atomic E-state index is 0.0902. The van der Waals surface area contributed by atoms with E-state index in [0.29, 0.717) is 25.7 Å². The second kappa shape index (κ2) is 8.41. The highest BCUT2D eigenvalue weighted by Gasteiger charge is 2.01. The smallest absolute Gasteiger partial charge is 0.303 e. The molecule has 0 rings (SSSR count). The number of ketones is 1. The summed E-state index contributed by atoms with van der Waals surface area (Å²) in [5, 5.41) is 8.33. The van der Waals surface area contributed by atoms with Gasteiger partial charge in [-0.25, -0.2) is 0 Å². The lowest BCUT2D eigenvalue weighted by Crippen LogP contribution is -1.98. The van der Waals surface area contributed by atoms with Crippen molar-refractivity contribution < 1.29 is 19.5 Å². The van der Waals surface area contributed by atoms with Gasteiger partial charge in [-0.2, -0.15) is 0 Å². The molecule has 0 saturated heterocycles. The van der Waals surface area contributed by atoms with Crippen LogP contribution in [0.1, 0.15) is 44.9 Å². The Labute approximate surface area is 83.3 Å². The largest absolute Gasteiger partial charge is 0.481 e. The van der Waals surface area contributed by atoms with Crippen molar-refractivity contribution in [1.82, 2.24) is 0 Å². The summed E-state index contributed by atoms with van der Waals surface area (Å²) in [6.45, 7) is 0. The predicted octanol–water partition coefficient (Wildman–Crippen LogP) is 1.57. The Morgan fingerprint density at radius 3 is 2.21 bits per heavy atom. The van der Waals surface area contributed by atoms with E-state index in [2.05, 4.69) is 0 Å². The van der Waals surface area contributed by atoms with Gasteiger partial charge >= 0.3 is 5.97 Å². The summed E-state index contributed by atoms with van der Waals surface area (Å²) in [6, 6.07) is 0.